The summed E-state index contributed by atoms with van der Waals surface area (Å²) in [6.07, 6.45) is 1.73. The van der Waals surface area contributed by atoms with Gasteiger partial charge in [-0.2, -0.15) is 0 Å². The van der Waals surface area contributed by atoms with Crippen LogP contribution in [0.25, 0.3) is 10.2 Å². The van der Waals surface area contributed by atoms with E-state index in [0.717, 1.165) is 26.2 Å². The van der Waals surface area contributed by atoms with E-state index < -0.39 is 0 Å². The molecule has 0 fully saturated rings. The molecule has 0 unspecified atom stereocenters. The van der Waals surface area contributed by atoms with Crippen LogP contribution < -0.4 is 5.32 Å². The Labute approximate surface area is 134 Å². The Morgan fingerprint density at radius 3 is 3.00 bits per heavy atom. The minimum atomic E-state index is -0.0676. The molecule has 3 heterocycles. The summed E-state index contributed by atoms with van der Waals surface area (Å²) in [6.45, 7) is 3.24. The number of aryl methyl sites for hydroxylation is 1. The Morgan fingerprint density at radius 2 is 2.29 bits per heavy atom. The number of thiophene rings is 1. The summed E-state index contributed by atoms with van der Waals surface area (Å²) in [7, 11) is 0. The number of pyridine rings is 1. The summed E-state index contributed by atoms with van der Waals surface area (Å²) >= 11 is 5.12. The molecule has 0 bridgehead atoms. The molecule has 108 valence electrons. The quantitative estimate of drug-likeness (QED) is 0.765. The summed E-state index contributed by atoms with van der Waals surface area (Å²) in [5, 5.41) is 2.93. The zero-order valence-electron chi connectivity index (χ0n) is 11.5. The second-order valence-electron chi connectivity index (χ2n) is 4.58. The zero-order valence-corrected chi connectivity index (χ0v) is 13.9. The third-order valence-electron chi connectivity index (χ3n) is 3.26. The van der Waals surface area contributed by atoms with Crippen LogP contribution in [0.15, 0.2) is 40.3 Å². The zero-order chi connectivity index (χ0) is 14.8. The van der Waals surface area contributed by atoms with Gasteiger partial charge in [0, 0.05) is 12.7 Å². The van der Waals surface area contributed by atoms with E-state index in [2.05, 4.69) is 32.3 Å². The summed E-state index contributed by atoms with van der Waals surface area (Å²) in [6, 6.07) is 9.67. The van der Waals surface area contributed by atoms with E-state index in [4.69, 9.17) is 0 Å². The number of nitrogens with zero attached hydrogens (tertiary/aromatic N) is 2. The summed E-state index contributed by atoms with van der Waals surface area (Å²) in [5.74, 6) is -0.0676. The highest BCUT2D eigenvalue weighted by Crippen LogP contribution is 2.32. The first-order valence-electron chi connectivity index (χ1n) is 6.65. The highest BCUT2D eigenvalue weighted by molar-refractivity contribution is 9.11. The average molecular weight is 364 g/mol. The lowest BCUT2D eigenvalue weighted by Gasteiger charge is -2.08. The molecule has 0 aliphatic carbocycles. The van der Waals surface area contributed by atoms with Gasteiger partial charge in [0.25, 0.3) is 5.91 Å². The predicted octanol–water partition coefficient (Wildman–Crippen LogP) is 3.81. The molecular formula is C15H14BrN3OS. The van der Waals surface area contributed by atoms with E-state index in [-0.39, 0.29) is 5.91 Å². The topological polar surface area (TPSA) is 46.9 Å². The Kier molecular flexibility index (Phi) is 4.07. The normalized spacial score (nSPS) is 11.0. The number of carbonyl (C=O) groups is 1. The molecule has 3 rings (SSSR count). The fraction of sp³-hybridized carbons (Fsp3) is 0.200. The molecule has 1 N–H and O–H groups in total. The van der Waals surface area contributed by atoms with Gasteiger partial charge < -0.3 is 9.88 Å². The van der Waals surface area contributed by atoms with Crippen molar-refractivity contribution in [3.8, 4) is 0 Å². The minimum absolute atomic E-state index is 0.0676. The van der Waals surface area contributed by atoms with Crippen molar-refractivity contribution in [2.24, 2.45) is 0 Å². The van der Waals surface area contributed by atoms with Crippen LogP contribution in [0.1, 0.15) is 23.1 Å². The maximum absolute atomic E-state index is 12.4. The van der Waals surface area contributed by atoms with Crippen molar-refractivity contribution in [2.45, 2.75) is 20.0 Å². The number of hydrogen-bond donors (Lipinski definition) is 1. The van der Waals surface area contributed by atoms with Crippen LogP contribution in [0.5, 0.6) is 0 Å². The van der Waals surface area contributed by atoms with Gasteiger partial charge in [0.1, 0.15) is 5.69 Å². The van der Waals surface area contributed by atoms with Gasteiger partial charge >= 0.3 is 0 Å². The number of fused-ring (bicyclic) bond motifs is 1. The Balaban J connectivity index is 1.82. The molecule has 3 aromatic heterocycles. The lowest BCUT2D eigenvalue weighted by Crippen LogP contribution is -2.25. The van der Waals surface area contributed by atoms with E-state index in [1.165, 1.54) is 0 Å². The Bertz CT molecular complexity index is 779. The van der Waals surface area contributed by atoms with Crippen LogP contribution in [-0.4, -0.2) is 15.5 Å². The molecule has 0 atom stereocenters. The maximum Gasteiger partial charge on any atom is 0.268 e. The first-order valence-corrected chi connectivity index (χ1v) is 8.26. The largest absolute Gasteiger partial charge is 0.345 e. The SMILES string of the molecule is CCn1c(C(=O)NCc2ccccn2)cc2sc(Br)cc21. The van der Waals surface area contributed by atoms with Crippen LogP contribution in [-0.2, 0) is 13.1 Å². The van der Waals surface area contributed by atoms with E-state index in [9.17, 15) is 4.79 Å². The highest BCUT2D eigenvalue weighted by atomic mass is 79.9. The predicted molar refractivity (Wildman–Crippen MR) is 88.6 cm³/mol. The van der Waals surface area contributed by atoms with Crippen LogP contribution in [0, 0.1) is 0 Å². The molecule has 0 aliphatic rings. The van der Waals surface area contributed by atoms with Gasteiger partial charge in [-0.3, -0.25) is 9.78 Å². The molecule has 4 nitrogen and oxygen atoms in total. The molecule has 0 spiro atoms. The highest BCUT2D eigenvalue weighted by Gasteiger charge is 2.16. The van der Waals surface area contributed by atoms with E-state index in [0.29, 0.717) is 12.2 Å². The molecule has 6 heteroatoms. The van der Waals surface area contributed by atoms with Gasteiger partial charge in [-0.25, -0.2) is 0 Å². The number of aromatic nitrogens is 2. The molecule has 21 heavy (non-hydrogen) atoms. The van der Waals surface area contributed by atoms with E-state index in [1.54, 1.807) is 17.5 Å². The number of nitrogens with one attached hydrogen (secondary N) is 1. The fourth-order valence-corrected chi connectivity index (χ4v) is 3.87. The number of amides is 1. The van der Waals surface area contributed by atoms with E-state index >= 15 is 0 Å². The molecule has 0 saturated heterocycles. The number of halogens is 1. The van der Waals surface area contributed by atoms with Crippen LogP contribution in [0.2, 0.25) is 0 Å². The van der Waals surface area contributed by atoms with Gasteiger partial charge in [0.2, 0.25) is 0 Å². The van der Waals surface area contributed by atoms with Crippen molar-refractivity contribution in [1.82, 2.24) is 14.9 Å². The number of hydrogen-bond acceptors (Lipinski definition) is 3. The van der Waals surface area contributed by atoms with Crippen molar-refractivity contribution < 1.29 is 4.79 Å². The number of rotatable bonds is 4. The molecule has 0 saturated carbocycles. The molecule has 1 amide bonds. The lowest BCUT2D eigenvalue weighted by molar-refractivity contribution is 0.0941. The van der Waals surface area contributed by atoms with Crippen molar-refractivity contribution in [3.05, 3.63) is 51.7 Å². The second-order valence-corrected chi connectivity index (χ2v) is 7.04. The van der Waals surface area contributed by atoms with Gasteiger partial charge in [0.15, 0.2) is 0 Å². The van der Waals surface area contributed by atoms with Crippen molar-refractivity contribution in [2.75, 3.05) is 0 Å². The minimum Gasteiger partial charge on any atom is -0.345 e. The first kappa shape index (κ1) is 14.3. The first-order chi connectivity index (χ1) is 10.2. The Morgan fingerprint density at radius 1 is 1.43 bits per heavy atom. The van der Waals surface area contributed by atoms with Crippen LogP contribution in [0.4, 0.5) is 0 Å². The van der Waals surface area contributed by atoms with Gasteiger partial charge in [0.05, 0.1) is 26.2 Å². The molecule has 0 radical (unpaired) electrons. The smallest absolute Gasteiger partial charge is 0.268 e. The average Bonchev–Trinajstić information content (AvgIpc) is 3.01. The summed E-state index contributed by atoms with van der Waals surface area (Å²) < 4.78 is 4.23. The summed E-state index contributed by atoms with van der Waals surface area (Å²) in [4.78, 5) is 16.6. The standard InChI is InChI=1S/C15H14BrN3OS/c1-2-19-11-8-14(16)21-13(11)7-12(19)15(20)18-9-10-5-3-4-6-17-10/h3-8H,2,9H2,1H3,(H,18,20). The molecule has 0 aromatic carbocycles. The van der Waals surface area contributed by atoms with Gasteiger partial charge in [-0.05, 0) is 47.1 Å². The maximum atomic E-state index is 12.4. The fourth-order valence-electron chi connectivity index (χ4n) is 2.30. The van der Waals surface area contributed by atoms with Crippen molar-refractivity contribution in [3.63, 3.8) is 0 Å². The third kappa shape index (κ3) is 2.87. The van der Waals surface area contributed by atoms with Crippen LogP contribution >= 0.6 is 27.3 Å². The molecular weight excluding hydrogens is 350 g/mol. The lowest BCUT2D eigenvalue weighted by atomic mass is 10.3. The third-order valence-corrected chi connectivity index (χ3v) is 4.84. The van der Waals surface area contributed by atoms with Gasteiger partial charge in [-0.1, -0.05) is 6.07 Å². The van der Waals surface area contributed by atoms with Crippen molar-refractivity contribution in [1.29, 1.82) is 0 Å². The van der Waals surface area contributed by atoms with E-state index in [1.807, 2.05) is 35.8 Å². The molecule has 0 aliphatic heterocycles. The molecule has 3 aromatic rings. The van der Waals surface area contributed by atoms with Crippen LogP contribution in [0.3, 0.4) is 0 Å². The Hall–Kier alpha value is -1.66. The number of carbonyl (C=O) groups excluding carboxylic acids is 1. The second kappa shape index (κ2) is 5.99. The van der Waals surface area contributed by atoms with Crippen molar-refractivity contribution >= 4 is 43.4 Å². The van der Waals surface area contributed by atoms with Gasteiger partial charge in [-0.15, -0.1) is 11.3 Å². The summed E-state index contributed by atoms with van der Waals surface area (Å²) in [5.41, 5.74) is 2.64. The monoisotopic (exact) mass is 363 g/mol.